The zero-order valence-corrected chi connectivity index (χ0v) is 20.3. The summed E-state index contributed by atoms with van der Waals surface area (Å²) < 4.78 is 7.55. The molecule has 1 aliphatic rings. The van der Waals surface area contributed by atoms with Crippen LogP contribution >= 0.6 is 11.8 Å². The van der Waals surface area contributed by atoms with Crippen molar-refractivity contribution in [1.82, 2.24) is 25.0 Å². The third-order valence-electron chi connectivity index (χ3n) is 5.89. The first kappa shape index (κ1) is 23.6. The molecule has 0 saturated carbocycles. The lowest BCUT2D eigenvalue weighted by molar-refractivity contribution is -0.118. The molecule has 176 valence electrons. The van der Waals surface area contributed by atoms with Gasteiger partial charge in [0.25, 0.3) is 0 Å². The van der Waals surface area contributed by atoms with Crippen molar-refractivity contribution in [2.45, 2.75) is 38.4 Å². The van der Waals surface area contributed by atoms with Gasteiger partial charge < -0.3 is 14.6 Å². The van der Waals surface area contributed by atoms with Crippen molar-refractivity contribution >= 4 is 17.7 Å². The Morgan fingerprint density at radius 1 is 1.12 bits per heavy atom. The van der Waals surface area contributed by atoms with E-state index >= 15 is 0 Å². The number of carbonyl (C=O) groups excluding carboxylic acids is 1. The molecule has 1 aliphatic heterocycles. The Kier molecular flexibility index (Phi) is 8.23. The molecule has 33 heavy (non-hydrogen) atoms. The van der Waals surface area contributed by atoms with Gasteiger partial charge in [0.05, 0.1) is 18.6 Å². The van der Waals surface area contributed by atoms with Crippen LogP contribution in [0.3, 0.4) is 0 Å². The molecule has 3 aromatic rings. The summed E-state index contributed by atoms with van der Waals surface area (Å²) in [5.41, 5.74) is 1.14. The lowest BCUT2D eigenvalue weighted by Gasteiger charge is -2.34. The summed E-state index contributed by atoms with van der Waals surface area (Å²) in [6.07, 6.45) is 3.92. The molecule has 1 fully saturated rings. The van der Waals surface area contributed by atoms with E-state index in [-0.39, 0.29) is 5.91 Å². The van der Waals surface area contributed by atoms with E-state index < -0.39 is 0 Å². The Morgan fingerprint density at radius 3 is 2.64 bits per heavy atom. The number of amides is 1. The molecular formula is C25H33N5O2S. The third-order valence-corrected chi connectivity index (χ3v) is 6.86. The van der Waals surface area contributed by atoms with Gasteiger partial charge >= 0.3 is 0 Å². The van der Waals surface area contributed by atoms with Gasteiger partial charge in [-0.15, -0.1) is 10.2 Å². The number of rotatable bonds is 10. The number of nitrogens with zero attached hydrogens (tertiary/aromatic N) is 4. The van der Waals surface area contributed by atoms with Crippen LogP contribution < -0.4 is 5.32 Å². The highest BCUT2D eigenvalue weighted by Crippen LogP contribution is 2.25. The van der Waals surface area contributed by atoms with Crippen molar-refractivity contribution in [3.63, 3.8) is 0 Å². The zero-order valence-electron chi connectivity index (χ0n) is 19.4. The molecule has 1 N–H and O–H groups in total. The van der Waals surface area contributed by atoms with Crippen LogP contribution in [0, 0.1) is 11.8 Å². The molecule has 0 radical (unpaired) electrons. The largest absolute Gasteiger partial charge is 0.461 e. The number of carbonyl (C=O) groups is 1. The molecule has 2 aromatic heterocycles. The maximum absolute atomic E-state index is 12.5. The maximum atomic E-state index is 12.5. The van der Waals surface area contributed by atoms with Crippen LogP contribution in [-0.2, 0) is 11.3 Å². The van der Waals surface area contributed by atoms with Gasteiger partial charge in [-0.05, 0) is 48.9 Å². The predicted molar refractivity (Wildman–Crippen MR) is 131 cm³/mol. The normalized spacial score (nSPS) is 19.0. The van der Waals surface area contributed by atoms with Crippen LogP contribution in [0.25, 0.3) is 11.6 Å². The molecule has 0 bridgehead atoms. The number of benzene rings is 1. The van der Waals surface area contributed by atoms with E-state index in [4.69, 9.17) is 4.42 Å². The van der Waals surface area contributed by atoms with E-state index in [0.29, 0.717) is 35.6 Å². The first-order valence-electron chi connectivity index (χ1n) is 11.7. The Bertz CT molecular complexity index is 995. The second kappa shape index (κ2) is 11.5. The average Bonchev–Trinajstić information content (AvgIpc) is 3.45. The quantitative estimate of drug-likeness (QED) is 0.356. The predicted octanol–water partition coefficient (Wildman–Crippen LogP) is 4.16. The van der Waals surface area contributed by atoms with Crippen LogP contribution in [0.2, 0.25) is 0 Å². The number of thioether (sulfide) groups is 1. The fourth-order valence-electron chi connectivity index (χ4n) is 4.58. The van der Waals surface area contributed by atoms with E-state index in [1.807, 2.05) is 34.9 Å². The number of hydrogen-bond donors (Lipinski definition) is 1. The molecule has 1 aromatic carbocycles. The molecule has 8 heteroatoms. The molecular weight excluding hydrogens is 434 g/mol. The molecule has 1 saturated heterocycles. The van der Waals surface area contributed by atoms with Crippen molar-refractivity contribution in [3.8, 4) is 11.6 Å². The molecule has 7 nitrogen and oxygen atoms in total. The van der Waals surface area contributed by atoms with Crippen LogP contribution in [0.5, 0.6) is 0 Å². The van der Waals surface area contributed by atoms with E-state index in [0.717, 1.165) is 30.4 Å². The first-order valence-corrected chi connectivity index (χ1v) is 12.7. The fourth-order valence-corrected chi connectivity index (χ4v) is 5.35. The minimum absolute atomic E-state index is 0.0224. The van der Waals surface area contributed by atoms with Gasteiger partial charge in [0.1, 0.15) is 0 Å². The van der Waals surface area contributed by atoms with Crippen LogP contribution in [0.15, 0.2) is 58.3 Å². The summed E-state index contributed by atoms with van der Waals surface area (Å²) in [6, 6.07) is 13.9. The molecule has 2 atom stereocenters. The molecule has 2 unspecified atom stereocenters. The third kappa shape index (κ3) is 6.71. The van der Waals surface area contributed by atoms with Crippen molar-refractivity contribution in [3.05, 3.63) is 54.3 Å². The minimum atomic E-state index is 0.0224. The SMILES string of the molecule is CC1CC(C)CN(CCCNC(=O)CSc2nnc(-c3ccco3)n2Cc2ccccc2)C1. The Hall–Kier alpha value is -2.58. The number of piperidine rings is 1. The monoisotopic (exact) mass is 467 g/mol. The lowest BCUT2D eigenvalue weighted by atomic mass is 9.92. The highest BCUT2D eigenvalue weighted by Gasteiger charge is 2.21. The van der Waals surface area contributed by atoms with Crippen molar-refractivity contribution in [2.75, 3.05) is 31.9 Å². The molecule has 3 heterocycles. The van der Waals surface area contributed by atoms with Crippen molar-refractivity contribution in [1.29, 1.82) is 0 Å². The Labute approximate surface area is 199 Å². The number of aromatic nitrogens is 3. The Morgan fingerprint density at radius 2 is 1.91 bits per heavy atom. The van der Waals surface area contributed by atoms with Gasteiger partial charge in [-0.2, -0.15) is 0 Å². The number of likely N-dealkylation sites (tertiary alicyclic amines) is 1. The van der Waals surface area contributed by atoms with Crippen molar-refractivity contribution < 1.29 is 9.21 Å². The summed E-state index contributed by atoms with van der Waals surface area (Å²) in [5.74, 6) is 3.18. The van der Waals surface area contributed by atoms with Crippen molar-refractivity contribution in [2.24, 2.45) is 11.8 Å². The Balaban J connectivity index is 1.29. The van der Waals surface area contributed by atoms with E-state index in [1.54, 1.807) is 6.26 Å². The van der Waals surface area contributed by atoms with Gasteiger partial charge in [-0.1, -0.05) is 55.9 Å². The lowest BCUT2D eigenvalue weighted by Crippen LogP contribution is -2.40. The standard InChI is InChI=1S/C25H33N5O2S/c1-19-14-20(2)16-29(15-19)12-7-11-26-23(31)18-33-25-28-27-24(22-10-6-13-32-22)30(25)17-21-8-4-3-5-9-21/h3-6,8-10,13,19-20H,7,11-12,14-18H2,1-2H3,(H,26,31). The number of furan rings is 1. The minimum Gasteiger partial charge on any atom is -0.461 e. The van der Waals surface area contributed by atoms with Gasteiger partial charge in [0.2, 0.25) is 11.7 Å². The molecule has 0 spiro atoms. The fraction of sp³-hybridized carbons (Fsp3) is 0.480. The summed E-state index contributed by atoms with van der Waals surface area (Å²) >= 11 is 1.40. The van der Waals surface area contributed by atoms with E-state index in [9.17, 15) is 4.79 Å². The topological polar surface area (TPSA) is 76.2 Å². The second-order valence-electron chi connectivity index (χ2n) is 9.05. The number of nitrogens with one attached hydrogen (secondary N) is 1. The second-order valence-corrected chi connectivity index (χ2v) is 10.00. The first-order chi connectivity index (χ1) is 16.1. The van der Waals surface area contributed by atoms with E-state index in [2.05, 4.69) is 46.4 Å². The van der Waals surface area contributed by atoms with Gasteiger partial charge in [-0.3, -0.25) is 9.36 Å². The maximum Gasteiger partial charge on any atom is 0.230 e. The van der Waals surface area contributed by atoms with Gasteiger partial charge in [0.15, 0.2) is 10.9 Å². The number of hydrogen-bond acceptors (Lipinski definition) is 6. The molecule has 1 amide bonds. The highest BCUT2D eigenvalue weighted by molar-refractivity contribution is 7.99. The molecule has 0 aliphatic carbocycles. The smallest absolute Gasteiger partial charge is 0.230 e. The highest BCUT2D eigenvalue weighted by atomic mass is 32.2. The summed E-state index contributed by atoms with van der Waals surface area (Å²) in [5, 5.41) is 12.4. The zero-order chi connectivity index (χ0) is 23.0. The van der Waals surface area contributed by atoms with Crippen LogP contribution in [0.1, 0.15) is 32.3 Å². The summed E-state index contributed by atoms with van der Waals surface area (Å²) in [7, 11) is 0. The average molecular weight is 468 g/mol. The van der Waals surface area contributed by atoms with Crippen LogP contribution in [-0.4, -0.2) is 57.5 Å². The van der Waals surface area contributed by atoms with E-state index in [1.165, 1.54) is 31.3 Å². The van der Waals surface area contributed by atoms with Gasteiger partial charge in [0, 0.05) is 19.6 Å². The van der Waals surface area contributed by atoms with Crippen LogP contribution in [0.4, 0.5) is 0 Å². The summed E-state index contributed by atoms with van der Waals surface area (Å²) in [4.78, 5) is 15.0. The van der Waals surface area contributed by atoms with Gasteiger partial charge in [-0.25, -0.2) is 0 Å². The summed E-state index contributed by atoms with van der Waals surface area (Å²) in [6.45, 7) is 9.35. The molecule has 4 rings (SSSR count).